The molecule has 0 aromatic rings. The van der Waals surface area contributed by atoms with Crippen molar-refractivity contribution in [2.24, 2.45) is 0 Å². The average molecular weight is 226 g/mol. The lowest BCUT2D eigenvalue weighted by atomic mass is 10.1. The van der Waals surface area contributed by atoms with Crippen LogP contribution in [0.1, 0.15) is 65.2 Å². The number of hydrogen-bond donors (Lipinski definition) is 2. The zero-order valence-electron chi connectivity index (χ0n) is 11.2. The number of unbranched alkanes of at least 4 members (excludes halogenated alkanes) is 5. The van der Waals surface area contributed by atoms with E-state index in [1.54, 1.807) is 0 Å². The molecule has 1 unspecified atom stereocenters. The quantitative estimate of drug-likeness (QED) is 0.529. The summed E-state index contributed by atoms with van der Waals surface area (Å²) in [5, 5.41) is 7.16. The molecule has 1 saturated carbocycles. The molecule has 16 heavy (non-hydrogen) atoms. The Kier molecular flexibility index (Phi) is 7.87. The maximum absolute atomic E-state index is 3.59. The van der Waals surface area contributed by atoms with Crippen molar-refractivity contribution < 1.29 is 0 Å². The van der Waals surface area contributed by atoms with Crippen LogP contribution in [0, 0.1) is 0 Å². The first-order valence-corrected chi connectivity index (χ1v) is 7.29. The van der Waals surface area contributed by atoms with Gasteiger partial charge in [-0.15, -0.1) is 0 Å². The molecule has 0 aliphatic heterocycles. The van der Waals surface area contributed by atoms with Gasteiger partial charge in [-0.25, -0.2) is 0 Å². The molecule has 0 heterocycles. The maximum Gasteiger partial charge on any atom is 0.0164 e. The van der Waals surface area contributed by atoms with Crippen molar-refractivity contribution in [3.8, 4) is 0 Å². The first-order chi connectivity index (χ1) is 7.83. The Morgan fingerprint density at radius 2 is 1.75 bits per heavy atom. The van der Waals surface area contributed by atoms with Crippen LogP contribution in [0.4, 0.5) is 0 Å². The van der Waals surface area contributed by atoms with Gasteiger partial charge in [-0.05, 0) is 32.7 Å². The zero-order chi connectivity index (χ0) is 11.6. The SMILES string of the molecule is CCCCCCCCNC(C)CNC1CC1. The third kappa shape index (κ3) is 8.12. The van der Waals surface area contributed by atoms with Gasteiger partial charge in [0.25, 0.3) is 0 Å². The first kappa shape index (κ1) is 14.0. The average Bonchev–Trinajstić information content (AvgIpc) is 3.09. The fraction of sp³-hybridized carbons (Fsp3) is 1.00. The summed E-state index contributed by atoms with van der Waals surface area (Å²) in [4.78, 5) is 0. The predicted molar refractivity (Wildman–Crippen MR) is 71.9 cm³/mol. The van der Waals surface area contributed by atoms with Crippen molar-refractivity contribution >= 4 is 0 Å². The van der Waals surface area contributed by atoms with Crippen molar-refractivity contribution in [3.63, 3.8) is 0 Å². The summed E-state index contributed by atoms with van der Waals surface area (Å²) in [5.41, 5.74) is 0. The van der Waals surface area contributed by atoms with Crippen LogP contribution in [-0.2, 0) is 0 Å². The van der Waals surface area contributed by atoms with E-state index in [1.165, 1.54) is 57.9 Å². The summed E-state index contributed by atoms with van der Waals surface area (Å²) in [6.07, 6.45) is 11.1. The Balaban J connectivity index is 1.75. The summed E-state index contributed by atoms with van der Waals surface area (Å²) in [6.45, 7) is 6.89. The predicted octanol–water partition coefficient (Wildman–Crippen LogP) is 3.08. The van der Waals surface area contributed by atoms with Gasteiger partial charge >= 0.3 is 0 Å². The Morgan fingerprint density at radius 1 is 1.06 bits per heavy atom. The van der Waals surface area contributed by atoms with E-state index in [9.17, 15) is 0 Å². The highest BCUT2D eigenvalue weighted by Gasteiger charge is 2.20. The molecular weight excluding hydrogens is 196 g/mol. The van der Waals surface area contributed by atoms with Crippen molar-refractivity contribution in [3.05, 3.63) is 0 Å². The lowest BCUT2D eigenvalue weighted by molar-refractivity contribution is 0.482. The van der Waals surface area contributed by atoms with Crippen molar-refractivity contribution in [2.75, 3.05) is 13.1 Å². The molecule has 0 spiro atoms. The van der Waals surface area contributed by atoms with Crippen LogP contribution in [0.25, 0.3) is 0 Å². The van der Waals surface area contributed by atoms with E-state index in [0.717, 1.165) is 12.6 Å². The van der Waals surface area contributed by atoms with Gasteiger partial charge in [0.05, 0.1) is 0 Å². The zero-order valence-corrected chi connectivity index (χ0v) is 11.2. The normalized spacial score (nSPS) is 17.6. The minimum atomic E-state index is 0.635. The van der Waals surface area contributed by atoms with Crippen LogP contribution in [0.3, 0.4) is 0 Å². The molecule has 2 nitrogen and oxygen atoms in total. The number of rotatable bonds is 11. The van der Waals surface area contributed by atoms with Gasteiger partial charge in [0.15, 0.2) is 0 Å². The summed E-state index contributed by atoms with van der Waals surface area (Å²) in [7, 11) is 0. The van der Waals surface area contributed by atoms with Gasteiger partial charge in [-0.2, -0.15) is 0 Å². The second kappa shape index (κ2) is 9.00. The summed E-state index contributed by atoms with van der Waals surface area (Å²) in [6, 6.07) is 1.48. The third-order valence-electron chi connectivity index (χ3n) is 3.31. The van der Waals surface area contributed by atoms with Gasteiger partial charge in [0, 0.05) is 18.6 Å². The molecule has 0 amide bonds. The summed E-state index contributed by atoms with van der Waals surface area (Å²) >= 11 is 0. The summed E-state index contributed by atoms with van der Waals surface area (Å²) < 4.78 is 0. The fourth-order valence-corrected chi connectivity index (χ4v) is 1.96. The molecule has 0 aromatic heterocycles. The molecule has 2 N–H and O–H groups in total. The number of nitrogens with one attached hydrogen (secondary N) is 2. The Labute approximate surface area is 102 Å². The van der Waals surface area contributed by atoms with E-state index in [2.05, 4.69) is 24.5 Å². The lowest BCUT2D eigenvalue weighted by Gasteiger charge is -2.14. The molecule has 0 aromatic carbocycles. The molecular formula is C14H30N2. The van der Waals surface area contributed by atoms with Gasteiger partial charge in [0.1, 0.15) is 0 Å². The van der Waals surface area contributed by atoms with E-state index >= 15 is 0 Å². The highest BCUT2D eigenvalue weighted by atomic mass is 15.0. The Bertz CT molecular complexity index is 155. The lowest BCUT2D eigenvalue weighted by Crippen LogP contribution is -2.37. The topological polar surface area (TPSA) is 24.1 Å². The van der Waals surface area contributed by atoms with Gasteiger partial charge in [-0.3, -0.25) is 0 Å². The standard InChI is InChI=1S/C14H30N2/c1-3-4-5-6-7-8-11-15-13(2)12-16-14-9-10-14/h13-16H,3-12H2,1-2H3. The molecule has 0 bridgehead atoms. The monoisotopic (exact) mass is 226 g/mol. The molecule has 1 atom stereocenters. The second-order valence-corrected chi connectivity index (χ2v) is 5.31. The highest BCUT2D eigenvalue weighted by Crippen LogP contribution is 2.18. The Hall–Kier alpha value is -0.0800. The molecule has 0 radical (unpaired) electrons. The van der Waals surface area contributed by atoms with E-state index in [0.29, 0.717) is 6.04 Å². The van der Waals surface area contributed by atoms with Gasteiger partial charge in [-0.1, -0.05) is 39.0 Å². The van der Waals surface area contributed by atoms with Crippen LogP contribution in [-0.4, -0.2) is 25.2 Å². The maximum atomic E-state index is 3.59. The van der Waals surface area contributed by atoms with E-state index < -0.39 is 0 Å². The molecule has 1 fully saturated rings. The van der Waals surface area contributed by atoms with E-state index in [-0.39, 0.29) is 0 Å². The van der Waals surface area contributed by atoms with Crippen LogP contribution >= 0.6 is 0 Å². The molecule has 2 heteroatoms. The Morgan fingerprint density at radius 3 is 2.44 bits per heavy atom. The van der Waals surface area contributed by atoms with Crippen LogP contribution < -0.4 is 10.6 Å². The molecule has 0 saturated heterocycles. The number of hydrogen-bond acceptors (Lipinski definition) is 2. The molecule has 96 valence electrons. The largest absolute Gasteiger partial charge is 0.313 e. The third-order valence-corrected chi connectivity index (χ3v) is 3.31. The van der Waals surface area contributed by atoms with E-state index in [1.807, 2.05) is 0 Å². The van der Waals surface area contributed by atoms with Gasteiger partial charge < -0.3 is 10.6 Å². The van der Waals surface area contributed by atoms with Crippen molar-refractivity contribution in [2.45, 2.75) is 77.3 Å². The van der Waals surface area contributed by atoms with Crippen LogP contribution in [0.15, 0.2) is 0 Å². The van der Waals surface area contributed by atoms with Crippen molar-refractivity contribution in [1.29, 1.82) is 0 Å². The fourth-order valence-electron chi connectivity index (χ4n) is 1.96. The second-order valence-electron chi connectivity index (χ2n) is 5.31. The minimum absolute atomic E-state index is 0.635. The highest BCUT2D eigenvalue weighted by molar-refractivity contribution is 4.82. The van der Waals surface area contributed by atoms with Crippen molar-refractivity contribution in [1.82, 2.24) is 10.6 Å². The van der Waals surface area contributed by atoms with Gasteiger partial charge in [0.2, 0.25) is 0 Å². The van der Waals surface area contributed by atoms with Crippen LogP contribution in [0.2, 0.25) is 0 Å². The minimum Gasteiger partial charge on any atom is -0.313 e. The van der Waals surface area contributed by atoms with E-state index in [4.69, 9.17) is 0 Å². The molecule has 1 aliphatic rings. The molecule has 1 aliphatic carbocycles. The van der Waals surface area contributed by atoms with Crippen LogP contribution in [0.5, 0.6) is 0 Å². The molecule has 1 rings (SSSR count). The summed E-state index contributed by atoms with van der Waals surface area (Å²) in [5.74, 6) is 0. The smallest absolute Gasteiger partial charge is 0.0164 e. The first-order valence-electron chi connectivity index (χ1n) is 7.29.